The summed E-state index contributed by atoms with van der Waals surface area (Å²) in [5.74, 6) is 0.900. The molecule has 0 aromatic heterocycles. The first kappa shape index (κ1) is 16.3. The summed E-state index contributed by atoms with van der Waals surface area (Å²) in [4.78, 5) is 2.35. The van der Waals surface area contributed by atoms with Gasteiger partial charge in [0, 0.05) is 25.1 Å². The molecule has 1 N–H and O–H groups in total. The Hall–Kier alpha value is -1.06. The maximum atomic E-state index is 9.91. The minimum Gasteiger partial charge on any atom is -0.497 e. The zero-order valence-electron chi connectivity index (χ0n) is 13.5. The number of hydrogen-bond acceptors (Lipinski definition) is 3. The zero-order chi connectivity index (χ0) is 15.1. The van der Waals surface area contributed by atoms with Gasteiger partial charge in [-0.15, -0.1) is 0 Å². The van der Waals surface area contributed by atoms with E-state index in [2.05, 4.69) is 24.1 Å². The molecule has 118 valence electrons. The maximum absolute atomic E-state index is 9.91. The van der Waals surface area contributed by atoms with Gasteiger partial charge in [0.15, 0.2) is 0 Å². The Bertz CT molecular complexity index is 408. The Balaban J connectivity index is 1.93. The Kier molecular flexibility index (Phi) is 6.07. The van der Waals surface area contributed by atoms with Crippen molar-refractivity contribution >= 4 is 0 Å². The number of methoxy groups -OCH3 is 1. The van der Waals surface area contributed by atoms with Gasteiger partial charge in [-0.3, -0.25) is 0 Å². The standard InChI is InChI=1S/C18H29NO2/c1-19(13-16-7-9-17(21-2)10-8-16)14-18(15-20)11-5-3-4-6-12-18/h7-10,20H,3-6,11-15H2,1-2H3. The first-order chi connectivity index (χ1) is 10.2. The Labute approximate surface area is 128 Å². The number of benzene rings is 1. The van der Waals surface area contributed by atoms with Crippen LogP contribution in [0.25, 0.3) is 0 Å². The average molecular weight is 291 g/mol. The highest BCUT2D eigenvalue weighted by molar-refractivity contribution is 5.27. The maximum Gasteiger partial charge on any atom is 0.118 e. The summed E-state index contributed by atoms with van der Waals surface area (Å²) < 4.78 is 5.20. The molecule has 3 heteroatoms. The van der Waals surface area contributed by atoms with Crippen LogP contribution < -0.4 is 4.74 Å². The highest BCUT2D eigenvalue weighted by Crippen LogP contribution is 2.35. The van der Waals surface area contributed by atoms with Crippen LogP contribution in [-0.4, -0.2) is 37.3 Å². The molecule has 0 radical (unpaired) electrons. The van der Waals surface area contributed by atoms with E-state index in [0.29, 0.717) is 6.61 Å². The van der Waals surface area contributed by atoms with Gasteiger partial charge in [-0.25, -0.2) is 0 Å². The molecule has 21 heavy (non-hydrogen) atoms. The third kappa shape index (κ3) is 4.72. The third-order valence-corrected chi connectivity index (χ3v) is 4.72. The van der Waals surface area contributed by atoms with Gasteiger partial charge < -0.3 is 14.7 Å². The van der Waals surface area contributed by atoms with Crippen LogP contribution in [0.15, 0.2) is 24.3 Å². The van der Waals surface area contributed by atoms with Gasteiger partial charge in [0.1, 0.15) is 5.75 Å². The molecule has 3 nitrogen and oxygen atoms in total. The molecule has 1 aliphatic carbocycles. The lowest BCUT2D eigenvalue weighted by atomic mass is 9.80. The second-order valence-corrected chi connectivity index (χ2v) is 6.59. The Morgan fingerprint density at radius 2 is 1.71 bits per heavy atom. The van der Waals surface area contributed by atoms with Crippen LogP contribution >= 0.6 is 0 Å². The second kappa shape index (κ2) is 7.81. The van der Waals surface area contributed by atoms with Crippen LogP contribution in [-0.2, 0) is 6.54 Å². The van der Waals surface area contributed by atoms with Gasteiger partial charge in [0.05, 0.1) is 7.11 Å². The largest absolute Gasteiger partial charge is 0.497 e. The van der Waals surface area contributed by atoms with Crippen molar-refractivity contribution in [3.63, 3.8) is 0 Å². The van der Waals surface area contributed by atoms with Crippen molar-refractivity contribution in [1.29, 1.82) is 0 Å². The first-order valence-corrected chi connectivity index (χ1v) is 8.10. The lowest BCUT2D eigenvalue weighted by Gasteiger charge is -2.35. The van der Waals surface area contributed by atoms with E-state index in [4.69, 9.17) is 4.74 Å². The molecule has 0 bridgehead atoms. The van der Waals surface area contributed by atoms with Gasteiger partial charge >= 0.3 is 0 Å². The van der Waals surface area contributed by atoms with Crippen molar-refractivity contribution in [2.75, 3.05) is 27.3 Å². The Morgan fingerprint density at radius 1 is 1.10 bits per heavy atom. The molecule has 0 heterocycles. The van der Waals surface area contributed by atoms with Crippen molar-refractivity contribution in [2.45, 2.75) is 45.1 Å². The predicted molar refractivity (Wildman–Crippen MR) is 86.5 cm³/mol. The van der Waals surface area contributed by atoms with Gasteiger partial charge in [-0.2, -0.15) is 0 Å². The van der Waals surface area contributed by atoms with E-state index in [1.165, 1.54) is 31.2 Å². The normalized spacial score (nSPS) is 18.5. The summed E-state index contributed by atoms with van der Waals surface area (Å²) in [5, 5.41) is 9.91. The molecule has 1 aromatic carbocycles. The lowest BCUT2D eigenvalue weighted by Crippen LogP contribution is -2.38. The molecule has 0 amide bonds. The average Bonchev–Trinajstić information content (AvgIpc) is 2.74. The van der Waals surface area contributed by atoms with Crippen LogP contribution in [0.4, 0.5) is 0 Å². The summed E-state index contributed by atoms with van der Waals surface area (Å²) in [6.45, 7) is 2.22. The molecule has 0 unspecified atom stereocenters. The predicted octanol–water partition coefficient (Wildman–Crippen LogP) is 3.46. The van der Waals surface area contributed by atoms with Crippen LogP contribution in [0.1, 0.15) is 44.1 Å². The fraction of sp³-hybridized carbons (Fsp3) is 0.667. The molecule has 0 atom stereocenters. The quantitative estimate of drug-likeness (QED) is 0.815. The van der Waals surface area contributed by atoms with Crippen LogP contribution in [0.5, 0.6) is 5.75 Å². The highest BCUT2D eigenvalue weighted by Gasteiger charge is 2.31. The monoisotopic (exact) mass is 291 g/mol. The van der Waals surface area contributed by atoms with E-state index < -0.39 is 0 Å². The number of aliphatic hydroxyl groups excluding tert-OH is 1. The van der Waals surface area contributed by atoms with Crippen molar-refractivity contribution in [1.82, 2.24) is 4.90 Å². The summed E-state index contributed by atoms with van der Waals surface area (Å²) in [6.07, 6.45) is 7.49. The van der Waals surface area contributed by atoms with Crippen molar-refractivity contribution in [2.24, 2.45) is 5.41 Å². The third-order valence-electron chi connectivity index (χ3n) is 4.72. The molecule has 0 aliphatic heterocycles. The number of nitrogens with zero attached hydrogens (tertiary/aromatic N) is 1. The number of rotatable bonds is 6. The summed E-state index contributed by atoms with van der Waals surface area (Å²) in [7, 11) is 3.85. The first-order valence-electron chi connectivity index (χ1n) is 8.10. The van der Waals surface area contributed by atoms with Crippen LogP contribution in [0, 0.1) is 5.41 Å². The van der Waals surface area contributed by atoms with Gasteiger partial charge in [0.25, 0.3) is 0 Å². The van der Waals surface area contributed by atoms with E-state index in [1.54, 1.807) is 7.11 Å². The molecular weight excluding hydrogens is 262 g/mol. The number of ether oxygens (including phenoxy) is 1. The Morgan fingerprint density at radius 3 is 2.24 bits per heavy atom. The molecule has 1 aliphatic rings. The van der Waals surface area contributed by atoms with Gasteiger partial charge in [0.2, 0.25) is 0 Å². The van der Waals surface area contributed by atoms with Gasteiger partial charge in [-0.05, 0) is 37.6 Å². The molecule has 1 fully saturated rings. The van der Waals surface area contributed by atoms with Gasteiger partial charge in [-0.1, -0.05) is 37.8 Å². The minimum atomic E-state index is 0.109. The fourth-order valence-electron chi connectivity index (χ4n) is 3.52. The van der Waals surface area contributed by atoms with E-state index in [-0.39, 0.29) is 5.41 Å². The zero-order valence-corrected chi connectivity index (χ0v) is 13.5. The molecular formula is C18H29NO2. The van der Waals surface area contributed by atoms with Crippen molar-refractivity contribution in [3.05, 3.63) is 29.8 Å². The summed E-state index contributed by atoms with van der Waals surface area (Å²) in [6, 6.07) is 8.26. The van der Waals surface area contributed by atoms with Crippen molar-refractivity contribution < 1.29 is 9.84 Å². The number of hydrogen-bond donors (Lipinski definition) is 1. The number of aliphatic hydroxyl groups is 1. The lowest BCUT2D eigenvalue weighted by molar-refractivity contribution is 0.0663. The SMILES string of the molecule is COc1ccc(CN(C)CC2(CO)CCCCCC2)cc1. The molecule has 2 rings (SSSR count). The molecule has 1 aromatic rings. The molecule has 0 saturated heterocycles. The second-order valence-electron chi connectivity index (χ2n) is 6.59. The molecule has 0 spiro atoms. The highest BCUT2D eigenvalue weighted by atomic mass is 16.5. The topological polar surface area (TPSA) is 32.7 Å². The van der Waals surface area contributed by atoms with E-state index in [1.807, 2.05) is 12.1 Å². The van der Waals surface area contributed by atoms with Crippen LogP contribution in [0.3, 0.4) is 0 Å². The van der Waals surface area contributed by atoms with E-state index in [9.17, 15) is 5.11 Å². The van der Waals surface area contributed by atoms with E-state index >= 15 is 0 Å². The van der Waals surface area contributed by atoms with Crippen molar-refractivity contribution in [3.8, 4) is 5.75 Å². The van der Waals surface area contributed by atoms with E-state index in [0.717, 1.165) is 31.7 Å². The summed E-state index contributed by atoms with van der Waals surface area (Å²) >= 11 is 0. The smallest absolute Gasteiger partial charge is 0.118 e. The fourth-order valence-corrected chi connectivity index (χ4v) is 3.52. The van der Waals surface area contributed by atoms with Crippen LogP contribution in [0.2, 0.25) is 0 Å². The summed E-state index contributed by atoms with van der Waals surface area (Å²) in [5.41, 5.74) is 1.40. The minimum absolute atomic E-state index is 0.109. The molecule has 1 saturated carbocycles.